The van der Waals surface area contributed by atoms with Gasteiger partial charge in [-0.2, -0.15) is 0 Å². The maximum atomic E-state index is 6.50. The molecule has 28 heavy (non-hydrogen) atoms. The molecule has 0 N–H and O–H groups in total. The van der Waals surface area contributed by atoms with E-state index in [1.807, 2.05) is 0 Å². The molecule has 1 saturated carbocycles. The first-order valence-corrected chi connectivity index (χ1v) is 12.6. The van der Waals surface area contributed by atoms with Crippen molar-refractivity contribution >= 4 is 29.6 Å². The van der Waals surface area contributed by atoms with Crippen LogP contribution >= 0.6 is 24.8 Å². The van der Waals surface area contributed by atoms with E-state index in [9.17, 15) is 0 Å². The van der Waals surface area contributed by atoms with Gasteiger partial charge in [0, 0.05) is 0 Å². The van der Waals surface area contributed by atoms with Crippen molar-refractivity contribution in [2.75, 3.05) is 0 Å². The molecule has 156 valence electrons. The Morgan fingerprint density at radius 2 is 1.54 bits per heavy atom. The van der Waals surface area contributed by atoms with Gasteiger partial charge in [-0.3, -0.25) is 0 Å². The van der Waals surface area contributed by atoms with Gasteiger partial charge in [0.2, 0.25) is 0 Å². The van der Waals surface area contributed by atoms with Crippen LogP contribution in [-0.2, 0) is 17.8 Å². The van der Waals surface area contributed by atoms with Crippen LogP contribution < -0.4 is 3.32 Å². The molecule has 3 rings (SSSR count). The predicted molar refractivity (Wildman–Crippen MR) is 124 cm³/mol. The second-order valence-electron chi connectivity index (χ2n) is 9.24. The van der Waals surface area contributed by atoms with Gasteiger partial charge < -0.3 is 0 Å². The van der Waals surface area contributed by atoms with Gasteiger partial charge in [-0.05, 0) is 0 Å². The Hall–Kier alpha value is -0.336. The first-order chi connectivity index (χ1) is 12.2. The van der Waals surface area contributed by atoms with Crippen molar-refractivity contribution in [2.45, 2.75) is 73.1 Å². The van der Waals surface area contributed by atoms with Crippen LogP contribution in [0.1, 0.15) is 70.4 Å². The zero-order chi connectivity index (χ0) is 18.9. The van der Waals surface area contributed by atoms with Gasteiger partial charge in [-0.25, -0.2) is 0 Å². The molecule has 0 aliphatic heterocycles. The normalized spacial score (nSPS) is 18.3. The topological polar surface area (TPSA) is 9.23 Å². The molecule has 0 atom stereocenters. The third-order valence-electron chi connectivity index (χ3n) is 6.36. The average molecular weight is 459 g/mol. The third-order valence-corrected chi connectivity index (χ3v) is 8.91. The Bertz CT molecular complexity index is 745. The molecule has 0 aromatic heterocycles. The number of rotatable bonds is 4. The molecule has 0 saturated heterocycles. The summed E-state index contributed by atoms with van der Waals surface area (Å²) < 4.78 is 8.05. The number of hydrogen-bond donors (Lipinski definition) is 0. The first kappa shape index (κ1) is 25.7. The molecule has 0 heterocycles. The van der Waals surface area contributed by atoms with Gasteiger partial charge >= 0.3 is 167 Å². The molecule has 2 aliphatic rings. The summed E-state index contributed by atoms with van der Waals surface area (Å²) in [5, 5.41) is 0. The quantitative estimate of drug-likeness (QED) is 0.419. The standard InChI is InChI=1S/C15H23.C8H10O.CH2.2ClH.Ti/c1-14(2,3)15(11-7-4-8-12-15)13-9-5-6-10-13;1-6-3-7(2)5-8(9)4-6;;;;/h5,9H,4,6-8,11-12H2,1-3H3;3-5,9H,1-2H3;1H2;2*1H;/q;;;;;+1/p-1. The monoisotopic (exact) mass is 458 g/mol. The van der Waals surface area contributed by atoms with Crippen molar-refractivity contribution in [3.05, 3.63) is 50.9 Å². The number of benzene rings is 1. The maximum absolute atomic E-state index is 6.50. The van der Waals surface area contributed by atoms with Crippen LogP contribution in [-0.4, -0.2) is 4.82 Å². The van der Waals surface area contributed by atoms with E-state index in [0.29, 0.717) is 5.41 Å². The van der Waals surface area contributed by atoms with Crippen molar-refractivity contribution < 1.29 is 21.1 Å². The van der Waals surface area contributed by atoms with E-state index < -0.39 is 17.8 Å². The summed E-state index contributed by atoms with van der Waals surface area (Å²) in [4.78, 5) is 4.58. The van der Waals surface area contributed by atoms with Crippen LogP contribution in [0, 0.1) is 24.7 Å². The van der Waals surface area contributed by atoms with Gasteiger partial charge in [0.25, 0.3) is 0 Å². The van der Waals surface area contributed by atoms with Crippen LogP contribution in [0.2, 0.25) is 0 Å². The van der Waals surface area contributed by atoms with E-state index in [1.54, 1.807) is 9.45 Å². The Morgan fingerprint density at radius 3 is 2.07 bits per heavy atom. The van der Waals surface area contributed by atoms with Crippen LogP contribution in [0.4, 0.5) is 0 Å². The van der Waals surface area contributed by atoms with Crippen LogP contribution in [0.25, 0.3) is 0 Å². The average Bonchev–Trinajstić information content (AvgIpc) is 3.03. The zero-order valence-electron chi connectivity index (χ0n) is 18.1. The van der Waals surface area contributed by atoms with Gasteiger partial charge in [0.05, 0.1) is 0 Å². The third kappa shape index (κ3) is 5.22. The molecule has 1 aromatic carbocycles. The predicted octanol–water partition coefficient (Wildman–Crippen LogP) is 7.70. The van der Waals surface area contributed by atoms with Gasteiger partial charge in [0.15, 0.2) is 0 Å². The van der Waals surface area contributed by atoms with Crippen molar-refractivity contribution in [3.8, 4) is 5.75 Å². The molecular weight excluding hydrogens is 423 g/mol. The number of hydrogen-bond acceptors (Lipinski definition) is 1. The molecule has 0 radical (unpaired) electrons. The van der Waals surface area contributed by atoms with Crippen LogP contribution in [0.5, 0.6) is 5.75 Å². The van der Waals surface area contributed by atoms with Gasteiger partial charge in [-0.1, -0.05) is 0 Å². The van der Waals surface area contributed by atoms with Crippen molar-refractivity contribution in [3.63, 3.8) is 0 Å². The molecule has 0 spiro atoms. The number of allylic oxidation sites excluding steroid dienone is 4. The SMILES string of the molecule is Cl.Cl.[CH2]=[Ti]([O]c1cc(C)cc(C)c1)[C]1=C(C2(C(C)(C)C)CCCCC2)C=CC1. The van der Waals surface area contributed by atoms with Gasteiger partial charge in [0.1, 0.15) is 0 Å². The fourth-order valence-corrected chi connectivity index (χ4v) is 7.33. The summed E-state index contributed by atoms with van der Waals surface area (Å²) in [6, 6.07) is 6.52. The minimum absolute atomic E-state index is 0. The Balaban J connectivity index is 0.00000196. The molecule has 2 aliphatic carbocycles. The fraction of sp³-hybridized carbons (Fsp3) is 0.542. The summed E-state index contributed by atoms with van der Waals surface area (Å²) in [6.07, 6.45) is 12.6. The summed E-state index contributed by atoms with van der Waals surface area (Å²) in [7, 11) is 0. The Labute approximate surface area is 190 Å². The Kier molecular flexibility index (Phi) is 9.29. The molecule has 0 unspecified atom stereocenters. The fourth-order valence-electron chi connectivity index (χ4n) is 4.99. The zero-order valence-corrected chi connectivity index (χ0v) is 21.3. The van der Waals surface area contributed by atoms with Crippen LogP contribution in [0.15, 0.2) is 39.8 Å². The molecule has 0 bridgehead atoms. The number of aryl methyl sites for hydroxylation is 2. The number of halogens is 2. The van der Waals surface area contributed by atoms with E-state index in [2.05, 4.69) is 69.8 Å². The summed E-state index contributed by atoms with van der Waals surface area (Å²) >= 11 is -2.02. The van der Waals surface area contributed by atoms with E-state index in [0.717, 1.165) is 12.2 Å². The molecule has 4 heteroatoms. The second kappa shape index (κ2) is 10.1. The van der Waals surface area contributed by atoms with E-state index in [4.69, 9.17) is 3.32 Å². The van der Waals surface area contributed by atoms with Crippen LogP contribution in [0.3, 0.4) is 0 Å². The van der Waals surface area contributed by atoms with E-state index in [-0.39, 0.29) is 30.2 Å². The molecule has 0 amide bonds. The summed E-state index contributed by atoms with van der Waals surface area (Å²) in [6.45, 7) is 11.6. The van der Waals surface area contributed by atoms with Crippen molar-refractivity contribution in [2.24, 2.45) is 10.8 Å². The van der Waals surface area contributed by atoms with E-state index >= 15 is 0 Å². The summed E-state index contributed by atoms with van der Waals surface area (Å²) in [5.41, 5.74) is 4.71. The minimum atomic E-state index is -2.02. The second-order valence-corrected chi connectivity index (χ2v) is 11.8. The van der Waals surface area contributed by atoms with Gasteiger partial charge in [-0.15, -0.1) is 24.8 Å². The Morgan fingerprint density at radius 1 is 0.964 bits per heavy atom. The molecular formula is C24H36Cl2OTi. The first-order valence-electron chi connectivity index (χ1n) is 10.1. The van der Waals surface area contributed by atoms with Crippen molar-refractivity contribution in [1.82, 2.24) is 0 Å². The summed E-state index contributed by atoms with van der Waals surface area (Å²) in [5.74, 6) is 1.01. The molecule has 1 aromatic rings. The molecule has 1 fully saturated rings. The molecule has 1 nitrogen and oxygen atoms in total. The van der Waals surface area contributed by atoms with E-state index in [1.165, 1.54) is 43.2 Å². The van der Waals surface area contributed by atoms with Crippen molar-refractivity contribution in [1.29, 1.82) is 0 Å².